The van der Waals surface area contributed by atoms with Crippen molar-refractivity contribution < 1.29 is 4.42 Å². The third-order valence-corrected chi connectivity index (χ3v) is 6.01. The standard InChI is InChI=1S/C27H35N5O/c1-3-28-27(31-24-14-17-32(18-15-24)19-22-7-5-4-6-8-22)29-16-13-25-20-33-26(30-25)23-11-9-21(2)10-12-23/h4-12,20,24H,3,13-19H2,1-2H3,(H2,28,29,31). The van der Waals surface area contributed by atoms with Gasteiger partial charge in [0.25, 0.3) is 0 Å². The summed E-state index contributed by atoms with van der Waals surface area (Å²) in [5.74, 6) is 1.56. The van der Waals surface area contributed by atoms with Gasteiger partial charge in [0.2, 0.25) is 5.89 Å². The van der Waals surface area contributed by atoms with Crippen molar-refractivity contribution in [1.82, 2.24) is 20.5 Å². The van der Waals surface area contributed by atoms with E-state index in [1.807, 2.05) is 12.1 Å². The number of guanidine groups is 1. The number of likely N-dealkylation sites (tertiary alicyclic amines) is 1. The summed E-state index contributed by atoms with van der Waals surface area (Å²) in [5, 5.41) is 7.02. The van der Waals surface area contributed by atoms with Crippen LogP contribution in [0, 0.1) is 6.92 Å². The molecule has 0 atom stereocenters. The summed E-state index contributed by atoms with van der Waals surface area (Å²) < 4.78 is 5.67. The lowest BCUT2D eigenvalue weighted by Crippen LogP contribution is -2.48. The molecule has 1 saturated heterocycles. The van der Waals surface area contributed by atoms with Crippen LogP contribution in [0.1, 0.15) is 36.6 Å². The molecule has 4 rings (SSSR count). The van der Waals surface area contributed by atoms with Crippen molar-refractivity contribution in [3.8, 4) is 11.5 Å². The molecule has 1 aliphatic rings. The number of aromatic nitrogens is 1. The molecule has 6 heteroatoms. The minimum atomic E-state index is 0.454. The van der Waals surface area contributed by atoms with E-state index in [2.05, 4.69) is 76.8 Å². The predicted molar refractivity (Wildman–Crippen MR) is 134 cm³/mol. The Morgan fingerprint density at radius 1 is 1.09 bits per heavy atom. The molecule has 174 valence electrons. The van der Waals surface area contributed by atoms with Gasteiger partial charge in [0.1, 0.15) is 6.26 Å². The Morgan fingerprint density at radius 2 is 1.85 bits per heavy atom. The second-order valence-electron chi connectivity index (χ2n) is 8.70. The maximum Gasteiger partial charge on any atom is 0.226 e. The first-order valence-electron chi connectivity index (χ1n) is 12.0. The Kier molecular flexibility index (Phi) is 8.14. The first-order chi connectivity index (χ1) is 16.2. The van der Waals surface area contributed by atoms with Gasteiger partial charge in [-0.15, -0.1) is 0 Å². The number of nitrogens with zero attached hydrogens (tertiary/aromatic N) is 3. The van der Waals surface area contributed by atoms with Crippen LogP contribution in [0.5, 0.6) is 0 Å². The average Bonchev–Trinajstić information content (AvgIpc) is 3.30. The van der Waals surface area contributed by atoms with Gasteiger partial charge in [-0.2, -0.15) is 0 Å². The number of piperidine rings is 1. The van der Waals surface area contributed by atoms with Gasteiger partial charge in [0.15, 0.2) is 5.96 Å². The van der Waals surface area contributed by atoms with Gasteiger partial charge in [-0.1, -0.05) is 48.0 Å². The Labute approximate surface area is 197 Å². The second kappa shape index (κ2) is 11.7. The largest absolute Gasteiger partial charge is 0.444 e. The Bertz CT molecular complexity index is 1000. The van der Waals surface area contributed by atoms with E-state index in [0.29, 0.717) is 18.5 Å². The molecular weight excluding hydrogens is 410 g/mol. The van der Waals surface area contributed by atoms with Crippen LogP contribution in [-0.4, -0.2) is 48.1 Å². The normalized spacial score (nSPS) is 15.5. The van der Waals surface area contributed by atoms with Crippen LogP contribution in [0.25, 0.3) is 11.5 Å². The number of oxazole rings is 1. The van der Waals surface area contributed by atoms with E-state index >= 15 is 0 Å². The maximum atomic E-state index is 5.67. The summed E-state index contributed by atoms with van der Waals surface area (Å²) >= 11 is 0. The van der Waals surface area contributed by atoms with Crippen LogP contribution < -0.4 is 10.6 Å². The molecule has 0 bridgehead atoms. The number of rotatable bonds is 8. The summed E-state index contributed by atoms with van der Waals surface area (Å²) in [7, 11) is 0. The Hall–Kier alpha value is -3.12. The molecule has 6 nitrogen and oxygen atoms in total. The van der Waals surface area contributed by atoms with Crippen molar-refractivity contribution in [1.29, 1.82) is 0 Å². The Balaban J connectivity index is 1.25. The van der Waals surface area contributed by atoms with Gasteiger partial charge in [0.05, 0.1) is 5.69 Å². The maximum absolute atomic E-state index is 5.67. The van der Waals surface area contributed by atoms with Crippen LogP contribution in [0.4, 0.5) is 0 Å². The SMILES string of the molecule is CCNC(=NCCc1coc(-c2ccc(C)cc2)n1)NC1CCN(Cc2ccccc2)CC1. The summed E-state index contributed by atoms with van der Waals surface area (Å²) in [4.78, 5) is 11.9. The van der Waals surface area contributed by atoms with Gasteiger partial charge < -0.3 is 15.1 Å². The highest BCUT2D eigenvalue weighted by atomic mass is 16.3. The van der Waals surface area contributed by atoms with Gasteiger partial charge in [0, 0.05) is 50.7 Å². The molecule has 0 radical (unpaired) electrons. The molecule has 33 heavy (non-hydrogen) atoms. The Morgan fingerprint density at radius 3 is 2.58 bits per heavy atom. The molecule has 0 saturated carbocycles. The lowest BCUT2D eigenvalue weighted by atomic mass is 10.0. The third-order valence-electron chi connectivity index (χ3n) is 6.01. The van der Waals surface area contributed by atoms with E-state index in [9.17, 15) is 0 Å². The molecular formula is C27H35N5O. The molecule has 3 aromatic rings. The number of aliphatic imine (C=N–C) groups is 1. The molecule has 0 unspecified atom stereocenters. The van der Waals surface area contributed by atoms with Crippen molar-refractivity contribution in [3.63, 3.8) is 0 Å². The third kappa shape index (κ3) is 6.93. The first-order valence-corrected chi connectivity index (χ1v) is 12.0. The fourth-order valence-electron chi connectivity index (χ4n) is 4.12. The average molecular weight is 446 g/mol. The van der Waals surface area contributed by atoms with Crippen LogP contribution in [0.15, 0.2) is 70.3 Å². The molecule has 2 heterocycles. The van der Waals surface area contributed by atoms with E-state index in [1.54, 1.807) is 6.26 Å². The lowest BCUT2D eigenvalue weighted by molar-refractivity contribution is 0.198. The van der Waals surface area contributed by atoms with Crippen LogP contribution >= 0.6 is 0 Å². The van der Waals surface area contributed by atoms with E-state index in [1.165, 1.54) is 11.1 Å². The van der Waals surface area contributed by atoms with Crippen molar-refractivity contribution in [3.05, 3.63) is 77.7 Å². The van der Waals surface area contributed by atoms with Crippen molar-refractivity contribution in [2.45, 2.75) is 45.7 Å². The monoisotopic (exact) mass is 445 g/mol. The summed E-state index contributed by atoms with van der Waals surface area (Å²) in [6.07, 6.45) is 4.75. The predicted octanol–water partition coefficient (Wildman–Crippen LogP) is 4.41. The van der Waals surface area contributed by atoms with E-state index in [-0.39, 0.29) is 0 Å². The van der Waals surface area contributed by atoms with Gasteiger partial charge in [-0.05, 0) is 44.4 Å². The van der Waals surface area contributed by atoms with Crippen LogP contribution in [-0.2, 0) is 13.0 Å². The van der Waals surface area contributed by atoms with Crippen molar-refractivity contribution >= 4 is 5.96 Å². The van der Waals surface area contributed by atoms with E-state index in [0.717, 1.165) is 62.7 Å². The second-order valence-corrected chi connectivity index (χ2v) is 8.70. The molecule has 2 N–H and O–H groups in total. The first kappa shape index (κ1) is 23.1. The number of hydrogen-bond donors (Lipinski definition) is 2. The molecule has 2 aromatic carbocycles. The number of benzene rings is 2. The zero-order valence-electron chi connectivity index (χ0n) is 19.8. The van der Waals surface area contributed by atoms with Gasteiger partial charge in [-0.3, -0.25) is 9.89 Å². The van der Waals surface area contributed by atoms with Crippen molar-refractivity contribution in [2.75, 3.05) is 26.2 Å². The van der Waals surface area contributed by atoms with E-state index in [4.69, 9.17) is 9.41 Å². The number of aryl methyl sites for hydroxylation is 1. The molecule has 0 amide bonds. The zero-order valence-corrected chi connectivity index (χ0v) is 19.8. The molecule has 1 aromatic heterocycles. The highest BCUT2D eigenvalue weighted by molar-refractivity contribution is 5.80. The van der Waals surface area contributed by atoms with E-state index < -0.39 is 0 Å². The van der Waals surface area contributed by atoms with Crippen LogP contribution in [0.2, 0.25) is 0 Å². The number of hydrogen-bond acceptors (Lipinski definition) is 4. The lowest BCUT2D eigenvalue weighted by Gasteiger charge is -2.33. The quantitative estimate of drug-likeness (QED) is 0.397. The highest BCUT2D eigenvalue weighted by Crippen LogP contribution is 2.19. The molecule has 1 aliphatic heterocycles. The van der Waals surface area contributed by atoms with Crippen LogP contribution in [0.3, 0.4) is 0 Å². The minimum absolute atomic E-state index is 0.454. The summed E-state index contributed by atoms with van der Waals surface area (Å²) in [5.41, 5.74) is 4.55. The highest BCUT2D eigenvalue weighted by Gasteiger charge is 2.20. The zero-order chi connectivity index (χ0) is 22.9. The molecule has 1 fully saturated rings. The van der Waals surface area contributed by atoms with Crippen molar-refractivity contribution in [2.24, 2.45) is 4.99 Å². The fraction of sp³-hybridized carbons (Fsp3) is 0.407. The molecule has 0 aliphatic carbocycles. The minimum Gasteiger partial charge on any atom is -0.444 e. The topological polar surface area (TPSA) is 65.7 Å². The summed E-state index contributed by atoms with van der Waals surface area (Å²) in [6.45, 7) is 8.93. The smallest absolute Gasteiger partial charge is 0.226 e. The number of nitrogens with one attached hydrogen (secondary N) is 2. The molecule has 0 spiro atoms. The van der Waals surface area contributed by atoms with Gasteiger partial charge >= 0.3 is 0 Å². The fourth-order valence-corrected chi connectivity index (χ4v) is 4.12. The summed E-state index contributed by atoms with van der Waals surface area (Å²) in [6, 6.07) is 19.4. The van der Waals surface area contributed by atoms with Gasteiger partial charge in [-0.25, -0.2) is 4.98 Å².